The van der Waals surface area contributed by atoms with E-state index < -0.39 is 10.0 Å². The molecule has 5 nitrogen and oxygen atoms in total. The van der Waals surface area contributed by atoms with E-state index in [2.05, 4.69) is 27.5 Å². The summed E-state index contributed by atoms with van der Waals surface area (Å²) in [5.74, 6) is 3.99. The average Bonchev–Trinajstić information content (AvgIpc) is 2.61. The van der Waals surface area contributed by atoms with Crippen LogP contribution in [0.4, 0.5) is 0 Å². The number of sulfonamides is 1. The second-order valence-corrected chi connectivity index (χ2v) is 9.53. The molecule has 4 rings (SSSR count). The Morgan fingerprint density at radius 3 is 2.69 bits per heavy atom. The summed E-state index contributed by atoms with van der Waals surface area (Å²) in [6, 6.07) is 7.30. The third kappa shape index (κ3) is 4.47. The molecule has 1 aromatic carbocycles. The lowest BCUT2D eigenvalue weighted by Crippen LogP contribution is -2.58. The first-order valence-electron chi connectivity index (χ1n) is 9.31. The number of nitrogens with one attached hydrogen (secondary N) is 1. The van der Waals surface area contributed by atoms with Crippen molar-refractivity contribution in [2.45, 2.75) is 30.7 Å². The fourth-order valence-electron chi connectivity index (χ4n) is 4.30. The van der Waals surface area contributed by atoms with Crippen LogP contribution in [0.2, 0.25) is 0 Å². The minimum Gasteiger partial charge on any atom is -0.299 e. The van der Waals surface area contributed by atoms with Gasteiger partial charge >= 0.3 is 0 Å². The highest BCUT2D eigenvalue weighted by molar-refractivity contribution is 7.89. The monoisotopic (exact) mass is 375 g/mol. The lowest BCUT2D eigenvalue weighted by Gasteiger charge is -2.50. The van der Waals surface area contributed by atoms with Crippen LogP contribution in [0.5, 0.6) is 0 Å². The molecule has 3 fully saturated rings. The molecule has 6 heteroatoms. The lowest BCUT2D eigenvalue weighted by atomic mass is 9.75. The highest BCUT2D eigenvalue weighted by Gasteiger charge is 2.40. The lowest BCUT2D eigenvalue weighted by molar-refractivity contribution is -0.00623. The van der Waals surface area contributed by atoms with Gasteiger partial charge < -0.3 is 0 Å². The summed E-state index contributed by atoms with van der Waals surface area (Å²) in [6.07, 6.45) is 7.67. The molecular formula is C20H29N3O2S. The van der Waals surface area contributed by atoms with E-state index in [0.29, 0.717) is 35.9 Å². The molecule has 0 amide bonds. The molecule has 26 heavy (non-hydrogen) atoms. The van der Waals surface area contributed by atoms with Gasteiger partial charge in [0.1, 0.15) is 0 Å². The molecule has 3 heterocycles. The van der Waals surface area contributed by atoms with Crippen LogP contribution in [0.3, 0.4) is 0 Å². The highest BCUT2D eigenvalue weighted by Crippen LogP contribution is 2.36. The van der Waals surface area contributed by atoms with Gasteiger partial charge in [0, 0.05) is 25.7 Å². The Kier molecular flexibility index (Phi) is 6.03. The molecule has 4 atom stereocenters. The smallest absolute Gasteiger partial charge is 0.240 e. The van der Waals surface area contributed by atoms with Gasteiger partial charge in [-0.15, -0.1) is 6.42 Å². The first-order chi connectivity index (χ1) is 12.4. The quantitative estimate of drug-likeness (QED) is 0.735. The average molecular weight is 376 g/mol. The minimum atomic E-state index is -3.44. The van der Waals surface area contributed by atoms with Gasteiger partial charge in [-0.3, -0.25) is 9.80 Å². The van der Waals surface area contributed by atoms with Gasteiger partial charge in [-0.25, -0.2) is 13.1 Å². The van der Waals surface area contributed by atoms with Gasteiger partial charge in [0.05, 0.1) is 11.4 Å². The van der Waals surface area contributed by atoms with Crippen molar-refractivity contribution in [2.24, 2.45) is 11.8 Å². The van der Waals surface area contributed by atoms with E-state index in [4.69, 9.17) is 6.42 Å². The van der Waals surface area contributed by atoms with Gasteiger partial charge in [-0.1, -0.05) is 23.6 Å². The Morgan fingerprint density at radius 1 is 1.35 bits per heavy atom. The van der Waals surface area contributed by atoms with E-state index in [9.17, 15) is 8.42 Å². The molecule has 142 valence electrons. The Labute approximate surface area is 157 Å². The molecule has 0 aliphatic carbocycles. The number of hydrogen-bond donors (Lipinski definition) is 1. The van der Waals surface area contributed by atoms with Crippen LogP contribution in [-0.2, 0) is 10.0 Å². The molecule has 3 saturated heterocycles. The zero-order valence-corrected chi connectivity index (χ0v) is 16.5. The number of terminal acetylenes is 1. The van der Waals surface area contributed by atoms with Crippen molar-refractivity contribution >= 4 is 10.0 Å². The maximum atomic E-state index is 12.5. The molecule has 2 bridgehead atoms. The third-order valence-corrected chi connectivity index (χ3v) is 7.20. The first kappa shape index (κ1) is 19.4. The minimum absolute atomic E-state index is 0.295. The molecule has 0 aromatic heterocycles. The SMILES string of the molecule is C#CCN(C)C[C@H]1CN2CC[C@H]1C[C@@H]2CNS(=O)(=O)c1ccc(C)cc1. The van der Waals surface area contributed by atoms with Crippen molar-refractivity contribution in [1.29, 1.82) is 0 Å². The first-order valence-corrected chi connectivity index (χ1v) is 10.8. The van der Waals surface area contributed by atoms with Crippen LogP contribution < -0.4 is 4.72 Å². The van der Waals surface area contributed by atoms with Crippen molar-refractivity contribution in [1.82, 2.24) is 14.5 Å². The van der Waals surface area contributed by atoms with Crippen LogP contribution in [-0.4, -0.2) is 64.0 Å². The Bertz CT molecular complexity index is 754. The van der Waals surface area contributed by atoms with Gasteiger partial charge in [-0.2, -0.15) is 0 Å². The molecule has 3 aliphatic rings. The number of benzene rings is 1. The molecule has 3 aliphatic heterocycles. The van der Waals surface area contributed by atoms with Crippen LogP contribution in [0.25, 0.3) is 0 Å². The summed E-state index contributed by atoms with van der Waals surface area (Å²) in [5, 5.41) is 0. The van der Waals surface area contributed by atoms with E-state index >= 15 is 0 Å². The second kappa shape index (κ2) is 8.10. The number of aryl methyl sites for hydroxylation is 1. The Morgan fingerprint density at radius 2 is 2.08 bits per heavy atom. The van der Waals surface area contributed by atoms with Crippen LogP contribution in [0, 0.1) is 31.1 Å². The Balaban J connectivity index is 1.56. The van der Waals surface area contributed by atoms with Crippen LogP contribution in [0.15, 0.2) is 29.2 Å². The summed E-state index contributed by atoms with van der Waals surface area (Å²) in [5.41, 5.74) is 1.06. The van der Waals surface area contributed by atoms with Gasteiger partial charge in [0.25, 0.3) is 0 Å². The van der Waals surface area contributed by atoms with E-state index in [1.54, 1.807) is 12.1 Å². The third-order valence-electron chi connectivity index (χ3n) is 5.76. The molecule has 0 spiro atoms. The molecule has 1 N–H and O–H groups in total. The van der Waals surface area contributed by atoms with Crippen LogP contribution >= 0.6 is 0 Å². The van der Waals surface area contributed by atoms with Crippen molar-refractivity contribution < 1.29 is 8.42 Å². The number of fused-ring (bicyclic) bond motifs is 3. The summed E-state index contributed by atoms with van der Waals surface area (Å²) in [7, 11) is -1.37. The number of rotatable bonds is 7. The standard InChI is InChI=1S/C20H29N3O2S/c1-4-10-22(3)14-18-15-23-11-9-17(18)12-19(23)13-21-26(24,25)20-7-5-16(2)6-8-20/h1,5-8,17-19,21H,9-15H2,2-3H3/t17-,18-,19+/m0/s1. The maximum Gasteiger partial charge on any atom is 0.240 e. The molecule has 1 aromatic rings. The van der Waals surface area contributed by atoms with E-state index in [-0.39, 0.29) is 0 Å². The highest BCUT2D eigenvalue weighted by atomic mass is 32.2. The fraction of sp³-hybridized carbons (Fsp3) is 0.600. The molecular weight excluding hydrogens is 346 g/mol. The van der Waals surface area contributed by atoms with Gasteiger partial charge in [0.2, 0.25) is 10.0 Å². The topological polar surface area (TPSA) is 52.6 Å². The van der Waals surface area contributed by atoms with Crippen molar-refractivity contribution in [3.05, 3.63) is 29.8 Å². The largest absolute Gasteiger partial charge is 0.299 e. The van der Waals surface area contributed by atoms with Gasteiger partial charge in [-0.05, 0) is 57.3 Å². The maximum absolute atomic E-state index is 12.5. The number of hydrogen-bond acceptors (Lipinski definition) is 4. The number of nitrogens with zero attached hydrogens (tertiary/aromatic N) is 2. The zero-order valence-electron chi connectivity index (χ0n) is 15.7. The summed E-state index contributed by atoms with van der Waals surface area (Å²) in [6.45, 7) is 6.25. The fourth-order valence-corrected chi connectivity index (χ4v) is 5.37. The van der Waals surface area contributed by atoms with Crippen molar-refractivity contribution in [3.63, 3.8) is 0 Å². The molecule has 0 radical (unpaired) electrons. The van der Waals surface area contributed by atoms with E-state index in [0.717, 1.165) is 31.6 Å². The normalized spacial score (nSPS) is 28.2. The van der Waals surface area contributed by atoms with Crippen molar-refractivity contribution in [3.8, 4) is 12.3 Å². The predicted molar refractivity (Wildman–Crippen MR) is 104 cm³/mol. The summed E-state index contributed by atoms with van der Waals surface area (Å²) < 4.78 is 27.9. The second-order valence-electron chi connectivity index (χ2n) is 7.76. The summed E-state index contributed by atoms with van der Waals surface area (Å²) in [4.78, 5) is 5.00. The van der Waals surface area contributed by atoms with Crippen LogP contribution in [0.1, 0.15) is 18.4 Å². The zero-order chi connectivity index (χ0) is 18.7. The van der Waals surface area contributed by atoms with Gasteiger partial charge in [0.15, 0.2) is 0 Å². The van der Waals surface area contributed by atoms with Crippen molar-refractivity contribution in [2.75, 3.05) is 39.8 Å². The van der Waals surface area contributed by atoms with E-state index in [1.165, 1.54) is 6.42 Å². The molecule has 0 saturated carbocycles. The Hall–Kier alpha value is -1.39. The number of piperidine rings is 3. The predicted octanol–water partition coefficient (Wildman–Crippen LogP) is 1.55. The van der Waals surface area contributed by atoms with E-state index in [1.807, 2.05) is 19.1 Å². The summed E-state index contributed by atoms with van der Waals surface area (Å²) >= 11 is 0. The molecule has 1 unspecified atom stereocenters.